The van der Waals surface area contributed by atoms with Crippen molar-refractivity contribution in [2.45, 2.75) is 32.6 Å². The molecule has 6 heteroatoms. The van der Waals surface area contributed by atoms with E-state index in [4.69, 9.17) is 16.3 Å². The highest BCUT2D eigenvalue weighted by Gasteiger charge is 2.28. The smallest absolute Gasteiger partial charge is 0.410 e. The number of rotatable bonds is 2. The third-order valence-corrected chi connectivity index (χ3v) is 3.69. The van der Waals surface area contributed by atoms with E-state index in [0.29, 0.717) is 31.2 Å². The average Bonchev–Trinajstić information content (AvgIpc) is 2.45. The fraction of sp³-hybridized carbons (Fsp3) is 0.562. The monoisotopic (exact) mass is 326 g/mol. The Morgan fingerprint density at radius 2 is 1.91 bits per heavy atom. The minimum Gasteiger partial charge on any atom is -0.444 e. The van der Waals surface area contributed by atoms with Gasteiger partial charge in [0.2, 0.25) is 0 Å². The van der Waals surface area contributed by atoms with Gasteiger partial charge in [0.1, 0.15) is 11.8 Å². The van der Waals surface area contributed by atoms with Crippen LogP contribution in [0.25, 0.3) is 0 Å². The van der Waals surface area contributed by atoms with Gasteiger partial charge < -0.3 is 14.7 Å². The summed E-state index contributed by atoms with van der Waals surface area (Å²) < 4.78 is 5.36. The molecule has 0 bridgehead atoms. The van der Waals surface area contributed by atoms with Gasteiger partial charge in [-0.3, -0.25) is 4.90 Å². The number of nitrogens with zero attached hydrogens (tertiary/aromatic N) is 2. The van der Waals surface area contributed by atoms with E-state index in [-0.39, 0.29) is 6.09 Å². The Balaban J connectivity index is 1.90. The fourth-order valence-electron chi connectivity index (χ4n) is 2.35. The van der Waals surface area contributed by atoms with Crippen molar-refractivity contribution in [3.05, 3.63) is 34.9 Å². The highest BCUT2D eigenvalue weighted by molar-refractivity contribution is 6.30. The number of halogens is 1. The summed E-state index contributed by atoms with van der Waals surface area (Å²) in [5.74, 6) is 0. The summed E-state index contributed by atoms with van der Waals surface area (Å²) in [5.41, 5.74) is 0.271. The molecule has 1 N–H and O–H groups in total. The van der Waals surface area contributed by atoms with E-state index in [9.17, 15) is 9.90 Å². The van der Waals surface area contributed by atoms with Crippen molar-refractivity contribution in [1.82, 2.24) is 9.80 Å². The Labute approximate surface area is 136 Å². The summed E-state index contributed by atoms with van der Waals surface area (Å²) in [5, 5.41) is 11.0. The minimum absolute atomic E-state index is 0.301. The molecule has 1 saturated heterocycles. The van der Waals surface area contributed by atoms with Gasteiger partial charge in [0.15, 0.2) is 0 Å². The van der Waals surface area contributed by atoms with Gasteiger partial charge >= 0.3 is 6.09 Å². The van der Waals surface area contributed by atoms with E-state index < -0.39 is 11.8 Å². The summed E-state index contributed by atoms with van der Waals surface area (Å²) in [7, 11) is 0. The molecule has 1 heterocycles. The molecule has 1 aromatic carbocycles. The number of amides is 1. The first kappa shape index (κ1) is 17.1. The molecule has 0 aliphatic carbocycles. The molecule has 22 heavy (non-hydrogen) atoms. The Kier molecular flexibility index (Phi) is 5.32. The highest BCUT2D eigenvalue weighted by Crippen LogP contribution is 2.22. The maximum absolute atomic E-state index is 12.0. The predicted molar refractivity (Wildman–Crippen MR) is 85.8 cm³/mol. The maximum Gasteiger partial charge on any atom is 0.410 e. The first-order chi connectivity index (χ1) is 10.3. The van der Waals surface area contributed by atoms with Crippen molar-refractivity contribution in [2.75, 3.05) is 26.2 Å². The van der Waals surface area contributed by atoms with Crippen LogP contribution in [0, 0.1) is 0 Å². The number of aliphatic hydroxyl groups excluding tert-OH is 1. The molecule has 1 unspecified atom stereocenters. The molecule has 2 rings (SSSR count). The van der Waals surface area contributed by atoms with Crippen LogP contribution in [0.1, 0.15) is 32.6 Å². The Morgan fingerprint density at radius 1 is 1.27 bits per heavy atom. The second kappa shape index (κ2) is 6.86. The Hall–Kier alpha value is -1.30. The number of hydrogen-bond donors (Lipinski definition) is 1. The van der Waals surface area contributed by atoms with Gasteiger partial charge in [-0.05, 0) is 38.5 Å². The summed E-state index contributed by atoms with van der Waals surface area (Å²) in [6.45, 7) is 7.80. The van der Waals surface area contributed by atoms with Crippen LogP contribution in [0.3, 0.4) is 0 Å². The molecule has 122 valence electrons. The lowest BCUT2D eigenvalue weighted by molar-refractivity contribution is -0.0353. The van der Waals surface area contributed by atoms with Crippen molar-refractivity contribution >= 4 is 17.7 Å². The van der Waals surface area contributed by atoms with Gasteiger partial charge in [-0.15, -0.1) is 0 Å². The van der Waals surface area contributed by atoms with Gasteiger partial charge in [-0.2, -0.15) is 0 Å². The topological polar surface area (TPSA) is 53.0 Å². The summed E-state index contributed by atoms with van der Waals surface area (Å²) in [4.78, 5) is 15.6. The molecule has 0 aromatic heterocycles. The SMILES string of the molecule is CC(C)(C)OC(=O)N1CCN(C(O)c2cccc(Cl)c2)CC1. The van der Waals surface area contributed by atoms with Crippen molar-refractivity contribution in [2.24, 2.45) is 0 Å². The van der Waals surface area contributed by atoms with Crippen molar-refractivity contribution < 1.29 is 14.6 Å². The highest BCUT2D eigenvalue weighted by atomic mass is 35.5. The van der Waals surface area contributed by atoms with Gasteiger partial charge in [0.25, 0.3) is 0 Å². The molecule has 0 radical (unpaired) electrons. The number of aliphatic hydroxyl groups is 1. The molecule has 5 nitrogen and oxygen atoms in total. The van der Waals surface area contributed by atoms with E-state index in [1.807, 2.05) is 37.8 Å². The third-order valence-electron chi connectivity index (χ3n) is 3.46. The molecule has 1 atom stereocenters. The second-order valence-electron chi connectivity index (χ2n) is 6.43. The summed E-state index contributed by atoms with van der Waals surface area (Å²) in [6, 6.07) is 7.19. The maximum atomic E-state index is 12.0. The van der Waals surface area contributed by atoms with Gasteiger partial charge in [-0.1, -0.05) is 23.7 Å². The molecule has 0 spiro atoms. The van der Waals surface area contributed by atoms with E-state index in [2.05, 4.69) is 0 Å². The Bertz CT molecular complexity index is 522. The van der Waals surface area contributed by atoms with E-state index >= 15 is 0 Å². The number of ether oxygens (including phenoxy) is 1. The molecule has 0 saturated carbocycles. The molecular weight excluding hydrogens is 304 g/mol. The number of hydrogen-bond acceptors (Lipinski definition) is 4. The van der Waals surface area contributed by atoms with E-state index in [0.717, 1.165) is 5.56 Å². The summed E-state index contributed by atoms with van der Waals surface area (Å²) >= 11 is 5.96. The molecule has 1 aliphatic rings. The van der Waals surface area contributed by atoms with Crippen molar-refractivity contribution in [1.29, 1.82) is 0 Å². The van der Waals surface area contributed by atoms with Crippen LogP contribution in [0.15, 0.2) is 24.3 Å². The van der Waals surface area contributed by atoms with E-state index in [1.54, 1.807) is 17.0 Å². The molecule has 1 amide bonds. The standard InChI is InChI=1S/C16H23ClN2O3/c1-16(2,3)22-15(21)19-9-7-18(8-10-19)14(20)12-5-4-6-13(17)11-12/h4-6,11,14,20H,7-10H2,1-3H3. The zero-order valence-electron chi connectivity index (χ0n) is 13.3. The van der Waals surface area contributed by atoms with Crippen molar-refractivity contribution in [3.8, 4) is 0 Å². The number of carbonyl (C=O) groups is 1. The number of piperazine rings is 1. The zero-order chi connectivity index (χ0) is 16.3. The van der Waals surface area contributed by atoms with E-state index in [1.165, 1.54) is 0 Å². The van der Waals surface area contributed by atoms with Crippen LogP contribution in [0.5, 0.6) is 0 Å². The second-order valence-corrected chi connectivity index (χ2v) is 6.87. The lowest BCUT2D eigenvalue weighted by Gasteiger charge is -2.37. The fourth-order valence-corrected chi connectivity index (χ4v) is 2.55. The minimum atomic E-state index is -0.709. The number of benzene rings is 1. The molecule has 1 fully saturated rings. The predicted octanol–water partition coefficient (Wildman–Crippen LogP) is 2.88. The van der Waals surface area contributed by atoms with Gasteiger partial charge in [0.05, 0.1) is 0 Å². The van der Waals surface area contributed by atoms with Crippen LogP contribution in [0.4, 0.5) is 4.79 Å². The van der Waals surface area contributed by atoms with Gasteiger partial charge in [0, 0.05) is 31.2 Å². The van der Waals surface area contributed by atoms with Crippen LogP contribution in [-0.4, -0.2) is 52.8 Å². The third kappa shape index (κ3) is 4.60. The van der Waals surface area contributed by atoms with Gasteiger partial charge in [-0.25, -0.2) is 4.79 Å². The number of carbonyl (C=O) groups excluding carboxylic acids is 1. The average molecular weight is 327 g/mol. The zero-order valence-corrected chi connectivity index (χ0v) is 14.0. The summed E-state index contributed by atoms with van der Waals surface area (Å²) in [6.07, 6.45) is -1.01. The lowest BCUT2D eigenvalue weighted by atomic mass is 10.1. The van der Waals surface area contributed by atoms with Crippen molar-refractivity contribution in [3.63, 3.8) is 0 Å². The van der Waals surface area contributed by atoms with Crippen LogP contribution >= 0.6 is 11.6 Å². The quantitative estimate of drug-likeness (QED) is 0.908. The Morgan fingerprint density at radius 3 is 2.45 bits per heavy atom. The lowest BCUT2D eigenvalue weighted by Crippen LogP contribution is -2.50. The first-order valence-electron chi connectivity index (χ1n) is 7.42. The molecule has 1 aromatic rings. The largest absolute Gasteiger partial charge is 0.444 e. The first-order valence-corrected chi connectivity index (χ1v) is 7.79. The molecular formula is C16H23ClN2O3. The normalized spacial score (nSPS) is 18.1. The van der Waals surface area contributed by atoms with Crippen LogP contribution in [-0.2, 0) is 4.74 Å². The molecule has 1 aliphatic heterocycles. The van der Waals surface area contributed by atoms with Crippen LogP contribution < -0.4 is 0 Å². The van der Waals surface area contributed by atoms with Crippen LogP contribution in [0.2, 0.25) is 5.02 Å².